The normalized spacial score (nSPS) is 11.1. The first-order valence-electron chi connectivity index (χ1n) is 4.89. The lowest BCUT2D eigenvalue weighted by Crippen LogP contribution is -2.26. The summed E-state index contributed by atoms with van der Waals surface area (Å²) in [5.41, 5.74) is 16.4. The van der Waals surface area contributed by atoms with Gasteiger partial charge in [-0.3, -0.25) is 0 Å². The maximum atomic E-state index is 5.98. The Labute approximate surface area is 104 Å². The lowest BCUT2D eigenvalue weighted by molar-refractivity contribution is 0.341. The lowest BCUT2D eigenvalue weighted by Gasteiger charge is -2.08. The van der Waals surface area contributed by atoms with Gasteiger partial charge in [0.15, 0.2) is 11.7 Å². The molecule has 7 heteroatoms. The number of benzene rings is 1. The van der Waals surface area contributed by atoms with Crippen LogP contribution in [-0.2, 0) is 0 Å². The summed E-state index contributed by atoms with van der Waals surface area (Å²) in [6, 6.07) is 5.13. The number of para-hydroxylation sites is 1. The van der Waals surface area contributed by atoms with Crippen molar-refractivity contribution in [2.24, 2.45) is 27.2 Å². The van der Waals surface area contributed by atoms with E-state index in [1.54, 1.807) is 18.2 Å². The average Bonchev–Trinajstić information content (AvgIpc) is 2.22. The monoisotopic (exact) mass is 255 g/mol. The molecule has 0 aliphatic rings. The van der Waals surface area contributed by atoms with Gasteiger partial charge in [0.05, 0.1) is 11.6 Å². The van der Waals surface area contributed by atoms with E-state index >= 15 is 0 Å². The van der Waals surface area contributed by atoms with Gasteiger partial charge in [-0.15, -0.1) is 0 Å². The molecule has 1 aromatic rings. The molecule has 0 bridgehead atoms. The molecule has 0 amide bonds. The third-order valence-electron chi connectivity index (χ3n) is 1.71. The van der Waals surface area contributed by atoms with Crippen LogP contribution in [0.4, 0.5) is 5.69 Å². The van der Waals surface area contributed by atoms with E-state index in [0.29, 0.717) is 23.1 Å². The van der Waals surface area contributed by atoms with Crippen molar-refractivity contribution in [3.63, 3.8) is 0 Å². The molecule has 0 saturated heterocycles. The summed E-state index contributed by atoms with van der Waals surface area (Å²) in [6.07, 6.45) is 0. The van der Waals surface area contributed by atoms with E-state index in [1.807, 2.05) is 6.92 Å². The number of halogens is 1. The van der Waals surface area contributed by atoms with Gasteiger partial charge in [0.2, 0.25) is 5.96 Å². The molecule has 6 nitrogen and oxygen atoms in total. The number of nitrogens with two attached hydrogens (primary N) is 3. The SMILES string of the molecule is CCOc1c(Cl)cccc1N=C(N)N=C(N)N. The summed E-state index contributed by atoms with van der Waals surface area (Å²) in [6.45, 7) is 2.31. The molecule has 0 fully saturated rings. The van der Waals surface area contributed by atoms with Gasteiger partial charge in [-0.1, -0.05) is 17.7 Å². The van der Waals surface area contributed by atoms with Gasteiger partial charge < -0.3 is 21.9 Å². The summed E-state index contributed by atoms with van der Waals surface area (Å²) in [5.74, 6) is 0.227. The Morgan fingerprint density at radius 3 is 2.65 bits per heavy atom. The Morgan fingerprint density at radius 2 is 2.06 bits per heavy atom. The van der Waals surface area contributed by atoms with Crippen molar-refractivity contribution in [2.75, 3.05) is 6.61 Å². The van der Waals surface area contributed by atoms with Gasteiger partial charge >= 0.3 is 0 Å². The Kier molecular flexibility index (Phi) is 4.59. The molecular formula is C10H14ClN5O. The van der Waals surface area contributed by atoms with Crippen LogP contribution >= 0.6 is 11.6 Å². The number of hydrogen-bond acceptors (Lipinski definition) is 2. The first-order valence-corrected chi connectivity index (χ1v) is 5.27. The molecule has 0 unspecified atom stereocenters. The van der Waals surface area contributed by atoms with Crippen LogP contribution in [0.2, 0.25) is 5.02 Å². The zero-order valence-corrected chi connectivity index (χ0v) is 10.1. The molecular weight excluding hydrogens is 242 g/mol. The van der Waals surface area contributed by atoms with Crippen molar-refractivity contribution in [1.82, 2.24) is 0 Å². The molecule has 0 radical (unpaired) electrons. The zero-order valence-electron chi connectivity index (χ0n) is 9.35. The lowest BCUT2D eigenvalue weighted by atomic mass is 10.3. The van der Waals surface area contributed by atoms with Crippen molar-refractivity contribution in [1.29, 1.82) is 0 Å². The predicted octanol–water partition coefficient (Wildman–Crippen LogP) is 0.958. The summed E-state index contributed by atoms with van der Waals surface area (Å²) in [5, 5.41) is 0.450. The summed E-state index contributed by atoms with van der Waals surface area (Å²) < 4.78 is 5.37. The van der Waals surface area contributed by atoms with Gasteiger partial charge in [-0.05, 0) is 19.1 Å². The molecule has 0 aromatic heterocycles. The Bertz CT molecular complexity index is 454. The maximum Gasteiger partial charge on any atom is 0.223 e. The number of guanidine groups is 2. The topological polar surface area (TPSA) is 112 Å². The largest absolute Gasteiger partial charge is 0.490 e. The highest BCUT2D eigenvalue weighted by atomic mass is 35.5. The second-order valence-corrected chi connectivity index (χ2v) is 3.43. The second-order valence-electron chi connectivity index (χ2n) is 3.03. The number of aliphatic imine (C=N–C) groups is 2. The zero-order chi connectivity index (χ0) is 12.8. The molecule has 0 atom stereocenters. The van der Waals surface area contributed by atoms with Crippen molar-refractivity contribution in [3.8, 4) is 5.75 Å². The minimum atomic E-state index is -0.161. The van der Waals surface area contributed by atoms with E-state index in [1.165, 1.54) is 0 Å². The molecule has 0 aliphatic carbocycles. The molecule has 1 rings (SSSR count). The number of nitrogens with zero attached hydrogens (tertiary/aromatic N) is 2. The van der Waals surface area contributed by atoms with E-state index in [2.05, 4.69) is 9.98 Å². The highest BCUT2D eigenvalue weighted by Crippen LogP contribution is 2.34. The minimum absolute atomic E-state index is 0.0618. The predicted molar refractivity (Wildman–Crippen MR) is 69.7 cm³/mol. The molecule has 0 heterocycles. The molecule has 92 valence electrons. The Hall–Kier alpha value is -1.95. The fourth-order valence-corrected chi connectivity index (χ4v) is 1.38. The van der Waals surface area contributed by atoms with Crippen molar-refractivity contribution in [3.05, 3.63) is 23.2 Å². The number of hydrogen-bond donors (Lipinski definition) is 3. The Balaban J connectivity index is 3.13. The van der Waals surface area contributed by atoms with Gasteiger partial charge in [0.1, 0.15) is 5.69 Å². The first-order chi connectivity index (χ1) is 8.04. The van der Waals surface area contributed by atoms with Crippen molar-refractivity contribution < 1.29 is 4.74 Å². The van der Waals surface area contributed by atoms with Crippen LogP contribution in [0.1, 0.15) is 6.92 Å². The maximum absolute atomic E-state index is 5.98. The fraction of sp³-hybridized carbons (Fsp3) is 0.200. The van der Waals surface area contributed by atoms with Crippen LogP contribution in [0.25, 0.3) is 0 Å². The van der Waals surface area contributed by atoms with E-state index in [-0.39, 0.29) is 11.9 Å². The quantitative estimate of drug-likeness (QED) is 0.551. The van der Waals surface area contributed by atoms with Crippen molar-refractivity contribution in [2.45, 2.75) is 6.92 Å². The third-order valence-corrected chi connectivity index (χ3v) is 2.01. The second kappa shape index (κ2) is 5.95. The number of rotatable bonds is 3. The fourth-order valence-electron chi connectivity index (χ4n) is 1.15. The van der Waals surface area contributed by atoms with Crippen LogP contribution in [-0.4, -0.2) is 18.5 Å². The summed E-state index contributed by atoms with van der Waals surface area (Å²) in [4.78, 5) is 7.62. The van der Waals surface area contributed by atoms with Crippen LogP contribution in [0, 0.1) is 0 Å². The average molecular weight is 256 g/mol. The summed E-state index contributed by atoms with van der Waals surface area (Å²) in [7, 11) is 0. The van der Waals surface area contributed by atoms with Gasteiger partial charge in [0.25, 0.3) is 0 Å². The number of ether oxygens (including phenoxy) is 1. The smallest absolute Gasteiger partial charge is 0.223 e. The third kappa shape index (κ3) is 3.84. The highest BCUT2D eigenvalue weighted by molar-refractivity contribution is 6.32. The van der Waals surface area contributed by atoms with Crippen LogP contribution in [0.5, 0.6) is 5.75 Å². The van der Waals surface area contributed by atoms with Gasteiger partial charge in [-0.25, -0.2) is 4.99 Å². The molecule has 0 spiro atoms. The van der Waals surface area contributed by atoms with Crippen LogP contribution in [0.3, 0.4) is 0 Å². The van der Waals surface area contributed by atoms with E-state index in [9.17, 15) is 0 Å². The van der Waals surface area contributed by atoms with E-state index in [4.69, 9.17) is 33.5 Å². The minimum Gasteiger partial charge on any atom is -0.490 e. The van der Waals surface area contributed by atoms with E-state index in [0.717, 1.165) is 0 Å². The van der Waals surface area contributed by atoms with Crippen LogP contribution in [0.15, 0.2) is 28.2 Å². The first kappa shape index (κ1) is 13.1. The molecule has 0 aliphatic heterocycles. The molecule has 6 N–H and O–H groups in total. The van der Waals surface area contributed by atoms with Gasteiger partial charge in [0, 0.05) is 0 Å². The van der Waals surface area contributed by atoms with Crippen LogP contribution < -0.4 is 21.9 Å². The molecule has 0 saturated carbocycles. The Morgan fingerprint density at radius 1 is 1.35 bits per heavy atom. The van der Waals surface area contributed by atoms with Gasteiger partial charge in [-0.2, -0.15) is 4.99 Å². The highest BCUT2D eigenvalue weighted by Gasteiger charge is 2.07. The summed E-state index contributed by atoms with van der Waals surface area (Å²) >= 11 is 5.98. The van der Waals surface area contributed by atoms with Crippen molar-refractivity contribution >= 4 is 29.2 Å². The molecule has 17 heavy (non-hydrogen) atoms. The standard InChI is InChI=1S/C10H14ClN5O/c1-2-17-8-6(11)4-3-5-7(8)15-10(14)16-9(12)13/h3-5H,2H2,1H3,(H6,12,13,14,15,16). The van der Waals surface area contributed by atoms with E-state index < -0.39 is 0 Å². The molecule has 1 aromatic carbocycles.